The molecule has 1 aromatic carbocycles. The number of pyridine rings is 1. The molecule has 6 heteroatoms. The van der Waals surface area contributed by atoms with Crippen LogP contribution in [-0.4, -0.2) is 35.3 Å². The summed E-state index contributed by atoms with van der Waals surface area (Å²) < 4.78 is 28.7. The van der Waals surface area contributed by atoms with E-state index in [9.17, 15) is 8.42 Å². The Balaban J connectivity index is 1.59. The van der Waals surface area contributed by atoms with Crippen molar-refractivity contribution < 1.29 is 8.42 Å². The summed E-state index contributed by atoms with van der Waals surface area (Å²) in [6.45, 7) is 0.332. The zero-order chi connectivity index (χ0) is 19.4. The Morgan fingerprint density at radius 2 is 1.79 bits per heavy atom. The molecule has 0 bridgehead atoms. The lowest BCUT2D eigenvalue weighted by Gasteiger charge is -2.28. The van der Waals surface area contributed by atoms with Crippen molar-refractivity contribution in [3.8, 4) is 0 Å². The summed E-state index contributed by atoms with van der Waals surface area (Å²) in [5.74, 6) is 2.45. The quantitative estimate of drug-likeness (QED) is 0.677. The standard InChI is InChI=1S/C22H28N2O2S2/c25-28(26,22-11-9-19(10-12-22)18-6-2-1-3-7-18)24(21-13-15-27-17-21)16-20-8-4-5-14-23-20/h4-5,8-12,14,18,21H,1-3,6-7,13,15-17H2/t21-/m1/s1. The van der Waals surface area contributed by atoms with E-state index in [0.717, 1.165) is 23.6 Å². The topological polar surface area (TPSA) is 50.3 Å². The lowest BCUT2D eigenvalue weighted by Crippen LogP contribution is -2.40. The summed E-state index contributed by atoms with van der Waals surface area (Å²) in [6, 6.07) is 13.4. The number of sulfonamides is 1. The van der Waals surface area contributed by atoms with Crippen molar-refractivity contribution in [2.45, 2.75) is 61.9 Å². The lowest BCUT2D eigenvalue weighted by atomic mass is 9.84. The molecule has 1 aliphatic heterocycles. The summed E-state index contributed by atoms with van der Waals surface area (Å²) in [6.07, 6.45) is 8.95. The molecule has 4 nitrogen and oxygen atoms in total. The number of aromatic nitrogens is 1. The molecule has 2 aromatic rings. The average Bonchev–Trinajstić information content (AvgIpc) is 3.28. The van der Waals surface area contributed by atoms with Gasteiger partial charge in [-0.25, -0.2) is 8.42 Å². The van der Waals surface area contributed by atoms with Crippen LogP contribution < -0.4 is 0 Å². The fourth-order valence-corrected chi connectivity index (χ4v) is 7.24. The second kappa shape index (κ2) is 8.97. The molecule has 0 spiro atoms. The van der Waals surface area contributed by atoms with E-state index in [4.69, 9.17) is 0 Å². The first-order chi connectivity index (χ1) is 13.6. The Bertz CT molecular complexity index is 857. The van der Waals surface area contributed by atoms with Gasteiger partial charge in [0.25, 0.3) is 0 Å². The van der Waals surface area contributed by atoms with Crippen molar-refractivity contribution >= 4 is 21.8 Å². The van der Waals surface area contributed by atoms with Gasteiger partial charge in [-0.2, -0.15) is 16.1 Å². The highest BCUT2D eigenvalue weighted by atomic mass is 32.2. The first-order valence-corrected chi connectivity index (χ1v) is 12.8. The van der Waals surface area contributed by atoms with E-state index in [1.807, 2.05) is 54.2 Å². The smallest absolute Gasteiger partial charge is 0.243 e. The third-order valence-corrected chi connectivity index (χ3v) is 8.98. The second-order valence-corrected chi connectivity index (χ2v) is 10.8. The van der Waals surface area contributed by atoms with Crippen molar-refractivity contribution in [1.29, 1.82) is 0 Å². The first-order valence-electron chi connectivity index (χ1n) is 10.2. The van der Waals surface area contributed by atoms with Gasteiger partial charge in [0.15, 0.2) is 0 Å². The Hall–Kier alpha value is -1.37. The van der Waals surface area contributed by atoms with Gasteiger partial charge in [-0.15, -0.1) is 0 Å². The minimum Gasteiger partial charge on any atom is -0.260 e. The molecule has 1 saturated heterocycles. The van der Waals surface area contributed by atoms with Gasteiger partial charge in [-0.05, 0) is 60.8 Å². The van der Waals surface area contributed by atoms with Crippen LogP contribution in [0.2, 0.25) is 0 Å². The molecule has 0 unspecified atom stereocenters. The van der Waals surface area contributed by atoms with Crippen LogP contribution in [0, 0.1) is 0 Å². The van der Waals surface area contributed by atoms with Gasteiger partial charge in [0.05, 0.1) is 17.1 Å². The number of rotatable bonds is 6. The monoisotopic (exact) mass is 416 g/mol. The highest BCUT2D eigenvalue weighted by Gasteiger charge is 2.34. The predicted molar refractivity (Wildman–Crippen MR) is 115 cm³/mol. The minimum absolute atomic E-state index is 0.0371. The highest BCUT2D eigenvalue weighted by molar-refractivity contribution is 7.99. The molecule has 4 rings (SSSR count). The summed E-state index contributed by atoms with van der Waals surface area (Å²) in [7, 11) is -3.55. The van der Waals surface area contributed by atoms with Crippen molar-refractivity contribution in [3.63, 3.8) is 0 Å². The molecule has 0 radical (unpaired) electrons. The maximum absolute atomic E-state index is 13.5. The van der Waals surface area contributed by atoms with Crippen LogP contribution in [0.4, 0.5) is 0 Å². The van der Waals surface area contributed by atoms with Crippen LogP contribution in [0.3, 0.4) is 0 Å². The van der Waals surface area contributed by atoms with E-state index >= 15 is 0 Å². The number of thioether (sulfide) groups is 1. The summed E-state index contributed by atoms with van der Waals surface area (Å²) in [5, 5.41) is 0. The van der Waals surface area contributed by atoms with Crippen molar-refractivity contribution in [2.75, 3.05) is 11.5 Å². The Labute approximate surface area is 172 Å². The Morgan fingerprint density at radius 3 is 2.43 bits per heavy atom. The van der Waals surface area contributed by atoms with Gasteiger partial charge in [-0.3, -0.25) is 4.98 Å². The van der Waals surface area contributed by atoms with Gasteiger partial charge in [0, 0.05) is 18.0 Å². The van der Waals surface area contributed by atoms with Crippen LogP contribution in [0.25, 0.3) is 0 Å². The largest absolute Gasteiger partial charge is 0.260 e. The normalized spacial score (nSPS) is 21.2. The van der Waals surface area contributed by atoms with Crippen LogP contribution in [0.5, 0.6) is 0 Å². The van der Waals surface area contributed by atoms with Crippen molar-refractivity contribution in [1.82, 2.24) is 9.29 Å². The van der Waals surface area contributed by atoms with Gasteiger partial charge in [0.1, 0.15) is 0 Å². The van der Waals surface area contributed by atoms with Crippen LogP contribution in [-0.2, 0) is 16.6 Å². The fourth-order valence-electron chi connectivity index (χ4n) is 4.29. The maximum Gasteiger partial charge on any atom is 0.243 e. The molecule has 2 heterocycles. The second-order valence-electron chi connectivity index (χ2n) is 7.79. The van der Waals surface area contributed by atoms with Gasteiger partial charge < -0.3 is 0 Å². The van der Waals surface area contributed by atoms with E-state index in [-0.39, 0.29) is 6.04 Å². The van der Waals surface area contributed by atoms with E-state index in [2.05, 4.69) is 4.98 Å². The van der Waals surface area contributed by atoms with Crippen LogP contribution >= 0.6 is 11.8 Å². The van der Waals surface area contributed by atoms with E-state index in [1.165, 1.54) is 37.7 Å². The summed E-state index contributed by atoms with van der Waals surface area (Å²) in [5.41, 5.74) is 2.08. The predicted octanol–water partition coefficient (Wildman–Crippen LogP) is 4.83. The van der Waals surface area contributed by atoms with E-state index in [0.29, 0.717) is 17.4 Å². The fraction of sp³-hybridized carbons (Fsp3) is 0.500. The number of hydrogen-bond donors (Lipinski definition) is 0. The maximum atomic E-state index is 13.5. The Kier molecular flexibility index (Phi) is 6.38. The third-order valence-electron chi connectivity index (χ3n) is 5.92. The average molecular weight is 417 g/mol. The molecule has 0 N–H and O–H groups in total. The zero-order valence-electron chi connectivity index (χ0n) is 16.2. The molecule has 1 aromatic heterocycles. The summed E-state index contributed by atoms with van der Waals surface area (Å²) in [4.78, 5) is 4.76. The molecule has 1 aliphatic carbocycles. The van der Waals surface area contributed by atoms with Crippen molar-refractivity contribution in [2.24, 2.45) is 0 Å². The number of hydrogen-bond acceptors (Lipinski definition) is 4. The number of benzene rings is 1. The minimum atomic E-state index is -3.55. The molecule has 1 atom stereocenters. The van der Waals surface area contributed by atoms with Crippen LogP contribution in [0.1, 0.15) is 55.7 Å². The SMILES string of the molecule is O=S(=O)(c1ccc(C2CCCCC2)cc1)N(Cc1ccccn1)[C@@H]1CCSC1. The molecule has 0 amide bonds. The molecule has 2 fully saturated rings. The zero-order valence-corrected chi connectivity index (χ0v) is 17.8. The Morgan fingerprint density at radius 1 is 1.00 bits per heavy atom. The van der Waals surface area contributed by atoms with E-state index < -0.39 is 10.0 Å². The third kappa shape index (κ3) is 4.44. The molecule has 2 aliphatic rings. The van der Waals surface area contributed by atoms with Gasteiger partial charge >= 0.3 is 0 Å². The molecular formula is C22H28N2O2S2. The molecule has 1 saturated carbocycles. The lowest BCUT2D eigenvalue weighted by molar-refractivity contribution is 0.331. The highest BCUT2D eigenvalue weighted by Crippen LogP contribution is 2.34. The van der Waals surface area contributed by atoms with Crippen LogP contribution in [0.15, 0.2) is 53.6 Å². The number of nitrogens with zero attached hydrogens (tertiary/aromatic N) is 2. The van der Waals surface area contributed by atoms with Crippen molar-refractivity contribution in [3.05, 3.63) is 59.9 Å². The molecule has 28 heavy (non-hydrogen) atoms. The summed E-state index contributed by atoms with van der Waals surface area (Å²) >= 11 is 1.83. The van der Waals surface area contributed by atoms with E-state index in [1.54, 1.807) is 10.5 Å². The van der Waals surface area contributed by atoms with Gasteiger partial charge in [-0.1, -0.05) is 37.5 Å². The van der Waals surface area contributed by atoms with Gasteiger partial charge in [0.2, 0.25) is 10.0 Å². The molecular weight excluding hydrogens is 388 g/mol. The first kappa shape index (κ1) is 19.9. The molecule has 150 valence electrons.